The molecular formula is C75H139NO5. The summed E-state index contributed by atoms with van der Waals surface area (Å²) in [6, 6.07) is -0.635. The van der Waals surface area contributed by atoms with Gasteiger partial charge in [0.1, 0.15) is 0 Å². The number of rotatable bonds is 67. The highest BCUT2D eigenvalue weighted by Crippen LogP contribution is 2.18. The van der Waals surface area contributed by atoms with Crippen molar-refractivity contribution in [2.24, 2.45) is 0 Å². The molecular weight excluding hydrogens is 995 g/mol. The van der Waals surface area contributed by atoms with Gasteiger partial charge in [-0.2, -0.15) is 0 Å². The predicted octanol–water partition coefficient (Wildman–Crippen LogP) is 23.4. The lowest BCUT2D eigenvalue weighted by Crippen LogP contribution is -2.45. The third-order valence-electron chi connectivity index (χ3n) is 16.5. The average Bonchev–Trinajstić information content (AvgIpc) is 3.47. The van der Waals surface area contributed by atoms with Crippen molar-refractivity contribution in [3.63, 3.8) is 0 Å². The molecule has 81 heavy (non-hydrogen) atoms. The summed E-state index contributed by atoms with van der Waals surface area (Å²) in [7, 11) is 0. The van der Waals surface area contributed by atoms with E-state index in [9.17, 15) is 19.8 Å². The number of hydrogen-bond acceptors (Lipinski definition) is 5. The van der Waals surface area contributed by atoms with Crippen molar-refractivity contribution in [2.45, 2.75) is 392 Å². The molecule has 6 nitrogen and oxygen atoms in total. The fraction of sp³-hybridized carbons (Fsp3) is 0.840. The number of aliphatic hydroxyl groups excluding tert-OH is 2. The zero-order chi connectivity index (χ0) is 58.5. The molecule has 2 atom stereocenters. The zero-order valence-corrected chi connectivity index (χ0v) is 54.3. The number of carbonyl (C=O) groups excluding carboxylic acids is 2. The normalized spacial score (nSPS) is 12.9. The van der Waals surface area contributed by atoms with E-state index in [1.54, 1.807) is 6.08 Å². The van der Waals surface area contributed by atoms with Gasteiger partial charge in [0.05, 0.1) is 25.4 Å². The van der Waals surface area contributed by atoms with Crippen LogP contribution in [0.1, 0.15) is 380 Å². The summed E-state index contributed by atoms with van der Waals surface area (Å²) < 4.78 is 5.49. The van der Waals surface area contributed by atoms with Gasteiger partial charge in [0.15, 0.2) is 0 Å². The minimum absolute atomic E-state index is 0.000812. The monoisotopic (exact) mass is 1130 g/mol. The van der Waals surface area contributed by atoms with E-state index in [-0.39, 0.29) is 18.5 Å². The van der Waals surface area contributed by atoms with E-state index < -0.39 is 12.1 Å². The molecule has 1 amide bonds. The van der Waals surface area contributed by atoms with Crippen molar-refractivity contribution < 1.29 is 24.5 Å². The van der Waals surface area contributed by atoms with E-state index >= 15 is 0 Å². The smallest absolute Gasteiger partial charge is 0.305 e. The van der Waals surface area contributed by atoms with Crippen LogP contribution in [-0.2, 0) is 14.3 Å². The van der Waals surface area contributed by atoms with Crippen LogP contribution in [0.5, 0.6) is 0 Å². The largest absolute Gasteiger partial charge is 0.466 e. The van der Waals surface area contributed by atoms with Crippen molar-refractivity contribution in [1.29, 1.82) is 0 Å². The summed E-state index contributed by atoms with van der Waals surface area (Å²) in [6.07, 6.45) is 92.9. The molecule has 0 aromatic rings. The summed E-state index contributed by atoms with van der Waals surface area (Å²) in [5, 5.41) is 23.3. The van der Waals surface area contributed by atoms with Crippen LogP contribution in [0.15, 0.2) is 60.8 Å². The Balaban J connectivity index is 3.46. The summed E-state index contributed by atoms with van der Waals surface area (Å²) in [5.41, 5.74) is 0. The van der Waals surface area contributed by atoms with E-state index in [1.807, 2.05) is 6.08 Å². The quantitative estimate of drug-likeness (QED) is 0.0320. The predicted molar refractivity (Wildman–Crippen MR) is 356 cm³/mol. The fourth-order valence-electron chi connectivity index (χ4n) is 11.0. The van der Waals surface area contributed by atoms with Crippen LogP contribution >= 0.6 is 0 Å². The van der Waals surface area contributed by atoms with Crippen molar-refractivity contribution in [2.75, 3.05) is 13.2 Å². The van der Waals surface area contributed by atoms with Crippen LogP contribution in [0, 0.1) is 0 Å². The first kappa shape index (κ1) is 78.6. The molecule has 0 aromatic carbocycles. The second-order valence-electron chi connectivity index (χ2n) is 24.6. The minimum atomic E-state index is -0.851. The maximum atomic E-state index is 12.5. The molecule has 0 saturated heterocycles. The molecule has 0 radical (unpaired) electrons. The maximum Gasteiger partial charge on any atom is 0.305 e. The molecule has 0 aliphatic rings. The number of hydrogen-bond donors (Lipinski definition) is 3. The Hall–Kier alpha value is -2.44. The van der Waals surface area contributed by atoms with Crippen LogP contribution in [-0.4, -0.2) is 47.4 Å². The van der Waals surface area contributed by atoms with Gasteiger partial charge in [-0.15, -0.1) is 0 Å². The number of amides is 1. The topological polar surface area (TPSA) is 95.9 Å². The summed E-state index contributed by atoms with van der Waals surface area (Å²) in [5.74, 6) is -0.0706. The van der Waals surface area contributed by atoms with Crippen LogP contribution < -0.4 is 5.32 Å². The third-order valence-corrected chi connectivity index (χ3v) is 16.5. The summed E-state index contributed by atoms with van der Waals surface area (Å²) in [4.78, 5) is 24.6. The van der Waals surface area contributed by atoms with Crippen LogP contribution in [0.4, 0.5) is 0 Å². The molecule has 0 saturated carbocycles. The van der Waals surface area contributed by atoms with E-state index in [0.717, 1.165) is 57.8 Å². The van der Waals surface area contributed by atoms with Gasteiger partial charge in [-0.1, -0.05) is 331 Å². The Labute approximate surface area is 505 Å². The highest BCUT2D eigenvalue weighted by molar-refractivity contribution is 5.76. The van der Waals surface area contributed by atoms with Crippen LogP contribution in [0.2, 0.25) is 0 Å². The van der Waals surface area contributed by atoms with Gasteiger partial charge in [-0.3, -0.25) is 9.59 Å². The first-order valence-corrected chi connectivity index (χ1v) is 36.1. The first-order chi connectivity index (χ1) is 40.0. The Bertz CT molecular complexity index is 1400. The molecule has 0 bridgehead atoms. The number of unbranched alkanes of at least 4 members (excludes halogenated alkanes) is 48. The SMILES string of the molecule is CCCCC/C=C\C/C=C\CCCCCCCCCC(=O)OCCCCCCCCCCC/C=C\C/C=C\CCCCCCCCCCCC(=O)NC(CO)C(O)/C=C/CCCCCCCCCCCCCCCCCCCCCC. The van der Waals surface area contributed by atoms with Gasteiger partial charge >= 0.3 is 5.97 Å². The van der Waals surface area contributed by atoms with Crippen molar-refractivity contribution >= 4 is 11.9 Å². The van der Waals surface area contributed by atoms with E-state index in [2.05, 4.69) is 67.8 Å². The van der Waals surface area contributed by atoms with Crippen LogP contribution in [0.3, 0.4) is 0 Å². The zero-order valence-electron chi connectivity index (χ0n) is 54.3. The lowest BCUT2D eigenvalue weighted by molar-refractivity contribution is -0.143. The molecule has 0 rings (SSSR count). The van der Waals surface area contributed by atoms with E-state index in [1.165, 1.54) is 295 Å². The number of ether oxygens (including phenoxy) is 1. The minimum Gasteiger partial charge on any atom is -0.466 e. The van der Waals surface area contributed by atoms with Gasteiger partial charge in [0.2, 0.25) is 5.91 Å². The molecule has 474 valence electrons. The third kappa shape index (κ3) is 66.6. The van der Waals surface area contributed by atoms with Gasteiger partial charge in [0, 0.05) is 12.8 Å². The lowest BCUT2D eigenvalue weighted by Gasteiger charge is -2.20. The Morgan fingerprint density at radius 1 is 0.346 bits per heavy atom. The van der Waals surface area contributed by atoms with Gasteiger partial charge in [-0.05, 0) is 96.3 Å². The highest BCUT2D eigenvalue weighted by atomic mass is 16.5. The average molecular weight is 1130 g/mol. The van der Waals surface area contributed by atoms with E-state index in [4.69, 9.17) is 4.74 Å². The standard InChI is InChI=1S/C75H139NO5/c1-3-5-7-9-11-13-15-17-19-21-22-23-29-32-36-39-43-47-51-55-59-63-67-73(78)72(71-77)76-74(79)68-64-60-56-52-48-44-40-37-33-30-27-25-24-26-28-31-34-38-42-46-50-54-58-62-66-70-81-75(80)69-65-61-57-53-49-45-41-35-20-18-16-14-12-10-8-6-4-2/h12,14,18,20,25-28,63,67,72-73,77-78H,3-11,13,15-17,19,21-24,29-62,64-66,68-71H2,1-2H3,(H,76,79)/b14-12-,20-18-,27-25-,28-26-,67-63+. The van der Waals surface area contributed by atoms with Gasteiger partial charge < -0.3 is 20.3 Å². The molecule has 0 aromatic heterocycles. The molecule has 0 heterocycles. The summed E-state index contributed by atoms with van der Waals surface area (Å²) in [6.45, 7) is 4.90. The van der Waals surface area contributed by atoms with E-state index in [0.29, 0.717) is 19.4 Å². The Kier molecular flexibility index (Phi) is 67.9. The van der Waals surface area contributed by atoms with Crippen LogP contribution in [0.25, 0.3) is 0 Å². The van der Waals surface area contributed by atoms with Gasteiger partial charge in [-0.25, -0.2) is 0 Å². The Morgan fingerprint density at radius 2 is 0.617 bits per heavy atom. The number of allylic oxidation sites excluding steroid dienone is 9. The second kappa shape index (κ2) is 70.0. The lowest BCUT2D eigenvalue weighted by atomic mass is 10.0. The molecule has 0 aliphatic carbocycles. The molecule has 0 spiro atoms. The first-order valence-electron chi connectivity index (χ1n) is 36.1. The number of aliphatic hydroxyl groups is 2. The second-order valence-corrected chi connectivity index (χ2v) is 24.6. The van der Waals surface area contributed by atoms with Crippen molar-refractivity contribution in [3.05, 3.63) is 60.8 Å². The molecule has 0 fully saturated rings. The number of esters is 1. The molecule has 0 aliphatic heterocycles. The molecule has 2 unspecified atom stereocenters. The summed E-state index contributed by atoms with van der Waals surface area (Å²) >= 11 is 0. The fourth-order valence-corrected chi connectivity index (χ4v) is 11.0. The number of nitrogens with one attached hydrogen (secondary N) is 1. The maximum absolute atomic E-state index is 12.5. The Morgan fingerprint density at radius 3 is 0.963 bits per heavy atom. The molecule has 3 N–H and O–H groups in total. The number of carbonyl (C=O) groups is 2. The molecule has 6 heteroatoms. The van der Waals surface area contributed by atoms with Crippen molar-refractivity contribution in [3.8, 4) is 0 Å². The highest BCUT2D eigenvalue weighted by Gasteiger charge is 2.18. The van der Waals surface area contributed by atoms with Gasteiger partial charge in [0.25, 0.3) is 0 Å². The van der Waals surface area contributed by atoms with Crippen molar-refractivity contribution in [1.82, 2.24) is 5.32 Å².